The van der Waals surface area contributed by atoms with Crippen molar-refractivity contribution in [3.63, 3.8) is 0 Å². The molecule has 1 aromatic rings. The average molecular weight is 254 g/mol. The number of benzene rings is 1. The highest BCUT2D eigenvalue weighted by Gasteiger charge is 2.02. The molecule has 0 heterocycles. The van der Waals surface area contributed by atoms with E-state index in [1.807, 2.05) is 18.2 Å². The van der Waals surface area contributed by atoms with E-state index >= 15 is 0 Å². The topological polar surface area (TPSA) is 17.1 Å². The van der Waals surface area contributed by atoms with Crippen molar-refractivity contribution in [1.82, 2.24) is 0 Å². The standard InChI is InChI=1S/C13H18OS2/c14-13(11-16-10-4-9-15)8-7-12-5-2-1-3-6-12/h1-3,5-6,15H,4,7-11H2. The van der Waals surface area contributed by atoms with Gasteiger partial charge in [0.05, 0.1) is 5.75 Å². The van der Waals surface area contributed by atoms with Crippen LogP contribution in [0.1, 0.15) is 18.4 Å². The molecule has 0 unspecified atom stereocenters. The minimum Gasteiger partial charge on any atom is -0.299 e. The van der Waals surface area contributed by atoms with Crippen LogP contribution in [0.2, 0.25) is 0 Å². The molecule has 0 saturated carbocycles. The number of thiol groups is 1. The molecule has 88 valence electrons. The fraction of sp³-hybridized carbons (Fsp3) is 0.462. The number of carbonyl (C=O) groups excluding carboxylic acids is 1. The number of aryl methyl sites for hydroxylation is 1. The molecule has 0 aliphatic rings. The van der Waals surface area contributed by atoms with E-state index in [1.54, 1.807) is 11.8 Å². The van der Waals surface area contributed by atoms with Crippen LogP contribution in [0.15, 0.2) is 30.3 Å². The highest BCUT2D eigenvalue weighted by molar-refractivity contribution is 7.99. The number of Topliss-reactive ketones (excluding diaryl/α,β-unsaturated/α-hetero) is 1. The summed E-state index contributed by atoms with van der Waals surface area (Å²) in [5.41, 5.74) is 1.25. The molecule has 1 rings (SSSR count). The zero-order chi connectivity index (χ0) is 11.6. The molecule has 0 aliphatic heterocycles. The number of hydrogen-bond acceptors (Lipinski definition) is 3. The Balaban J connectivity index is 2.11. The summed E-state index contributed by atoms with van der Waals surface area (Å²) in [6.07, 6.45) is 2.62. The van der Waals surface area contributed by atoms with Crippen molar-refractivity contribution in [2.24, 2.45) is 0 Å². The second-order valence-electron chi connectivity index (χ2n) is 3.65. The van der Waals surface area contributed by atoms with Crippen LogP contribution in [0.4, 0.5) is 0 Å². The molecular formula is C13H18OS2. The number of thioether (sulfide) groups is 1. The molecule has 0 aliphatic carbocycles. The summed E-state index contributed by atoms with van der Waals surface area (Å²) >= 11 is 5.86. The molecule has 3 heteroatoms. The fourth-order valence-electron chi connectivity index (χ4n) is 1.35. The molecule has 16 heavy (non-hydrogen) atoms. The summed E-state index contributed by atoms with van der Waals surface area (Å²) in [4.78, 5) is 11.5. The third kappa shape index (κ3) is 6.23. The lowest BCUT2D eigenvalue weighted by atomic mass is 10.1. The summed E-state index contributed by atoms with van der Waals surface area (Å²) in [6, 6.07) is 10.2. The van der Waals surface area contributed by atoms with E-state index in [9.17, 15) is 4.79 Å². The van der Waals surface area contributed by atoms with Gasteiger partial charge in [0, 0.05) is 6.42 Å². The van der Waals surface area contributed by atoms with Gasteiger partial charge in [0.15, 0.2) is 0 Å². The minimum absolute atomic E-state index is 0.355. The SMILES string of the molecule is O=C(CCc1ccccc1)CSCCCS. The van der Waals surface area contributed by atoms with Gasteiger partial charge in [0.25, 0.3) is 0 Å². The number of carbonyl (C=O) groups is 1. The molecule has 0 radical (unpaired) electrons. The van der Waals surface area contributed by atoms with Gasteiger partial charge in [-0.05, 0) is 29.9 Å². The maximum Gasteiger partial charge on any atom is 0.143 e. The number of ketones is 1. The molecule has 0 spiro atoms. The monoisotopic (exact) mass is 254 g/mol. The molecule has 1 nitrogen and oxygen atoms in total. The first-order valence-electron chi connectivity index (χ1n) is 5.57. The molecular weight excluding hydrogens is 236 g/mol. The van der Waals surface area contributed by atoms with Crippen molar-refractivity contribution in [3.8, 4) is 0 Å². The third-order valence-corrected chi connectivity index (χ3v) is 3.66. The Kier molecular flexibility index (Phi) is 7.43. The van der Waals surface area contributed by atoms with Crippen LogP contribution in [0.5, 0.6) is 0 Å². The van der Waals surface area contributed by atoms with Gasteiger partial charge < -0.3 is 0 Å². The van der Waals surface area contributed by atoms with Crippen LogP contribution in [0.3, 0.4) is 0 Å². The zero-order valence-electron chi connectivity index (χ0n) is 9.39. The Morgan fingerprint density at radius 2 is 2.00 bits per heavy atom. The summed E-state index contributed by atoms with van der Waals surface area (Å²) in [7, 11) is 0. The highest BCUT2D eigenvalue weighted by atomic mass is 32.2. The lowest BCUT2D eigenvalue weighted by Gasteiger charge is -2.01. The van der Waals surface area contributed by atoms with Gasteiger partial charge in [-0.3, -0.25) is 4.79 Å². The van der Waals surface area contributed by atoms with E-state index < -0.39 is 0 Å². The van der Waals surface area contributed by atoms with Crippen LogP contribution in [-0.2, 0) is 11.2 Å². The van der Waals surface area contributed by atoms with Gasteiger partial charge in [0.2, 0.25) is 0 Å². The maximum absolute atomic E-state index is 11.5. The quantitative estimate of drug-likeness (QED) is 0.566. The summed E-state index contributed by atoms with van der Waals surface area (Å²) in [5.74, 6) is 2.96. The molecule has 0 N–H and O–H groups in total. The van der Waals surface area contributed by atoms with Crippen molar-refractivity contribution in [1.29, 1.82) is 0 Å². The first-order chi connectivity index (χ1) is 7.83. The molecule has 0 fully saturated rings. The van der Waals surface area contributed by atoms with Crippen LogP contribution >= 0.6 is 24.4 Å². The summed E-state index contributed by atoms with van der Waals surface area (Å²) in [5, 5.41) is 0. The Morgan fingerprint density at radius 3 is 2.69 bits per heavy atom. The largest absolute Gasteiger partial charge is 0.299 e. The van der Waals surface area contributed by atoms with Crippen molar-refractivity contribution in [2.75, 3.05) is 17.3 Å². The first kappa shape index (κ1) is 13.7. The van der Waals surface area contributed by atoms with Crippen molar-refractivity contribution in [3.05, 3.63) is 35.9 Å². The third-order valence-electron chi connectivity index (χ3n) is 2.25. The van der Waals surface area contributed by atoms with E-state index in [1.165, 1.54) is 5.56 Å². The molecule has 0 amide bonds. The minimum atomic E-state index is 0.355. The lowest BCUT2D eigenvalue weighted by molar-refractivity contribution is -0.116. The van der Waals surface area contributed by atoms with Gasteiger partial charge in [-0.1, -0.05) is 30.3 Å². The highest BCUT2D eigenvalue weighted by Crippen LogP contribution is 2.07. The van der Waals surface area contributed by atoms with Gasteiger partial charge in [-0.15, -0.1) is 0 Å². The van der Waals surface area contributed by atoms with E-state index in [4.69, 9.17) is 0 Å². The fourth-order valence-corrected chi connectivity index (χ4v) is 2.59. The van der Waals surface area contributed by atoms with Crippen molar-refractivity contribution < 1.29 is 4.79 Å². The Morgan fingerprint density at radius 1 is 1.25 bits per heavy atom. The van der Waals surface area contributed by atoms with Crippen LogP contribution in [0, 0.1) is 0 Å². The Hall–Kier alpha value is -0.410. The zero-order valence-corrected chi connectivity index (χ0v) is 11.1. The number of rotatable bonds is 8. The van der Waals surface area contributed by atoms with E-state index in [0.29, 0.717) is 18.0 Å². The Bertz CT molecular complexity index is 298. The Labute approximate surface area is 107 Å². The van der Waals surface area contributed by atoms with E-state index in [-0.39, 0.29) is 0 Å². The predicted octanol–water partition coefficient (Wildman–Crippen LogP) is 3.24. The lowest BCUT2D eigenvalue weighted by Crippen LogP contribution is -2.04. The summed E-state index contributed by atoms with van der Waals surface area (Å²) < 4.78 is 0. The van der Waals surface area contributed by atoms with E-state index in [0.717, 1.165) is 24.3 Å². The molecule has 0 saturated heterocycles. The predicted molar refractivity (Wildman–Crippen MR) is 75.6 cm³/mol. The second kappa shape index (κ2) is 8.71. The molecule has 0 aromatic heterocycles. The van der Waals surface area contributed by atoms with E-state index in [2.05, 4.69) is 24.8 Å². The van der Waals surface area contributed by atoms with Gasteiger partial charge in [-0.25, -0.2) is 0 Å². The summed E-state index contributed by atoms with van der Waals surface area (Å²) in [6.45, 7) is 0. The molecule has 0 bridgehead atoms. The smallest absolute Gasteiger partial charge is 0.143 e. The molecule has 1 aromatic carbocycles. The van der Waals surface area contributed by atoms with Crippen molar-refractivity contribution >= 4 is 30.2 Å². The normalized spacial score (nSPS) is 10.3. The second-order valence-corrected chi connectivity index (χ2v) is 5.21. The first-order valence-corrected chi connectivity index (χ1v) is 7.36. The van der Waals surface area contributed by atoms with Crippen LogP contribution in [0.25, 0.3) is 0 Å². The van der Waals surface area contributed by atoms with Gasteiger partial charge >= 0.3 is 0 Å². The maximum atomic E-state index is 11.5. The average Bonchev–Trinajstić information content (AvgIpc) is 2.33. The molecule has 0 atom stereocenters. The number of hydrogen-bond donors (Lipinski definition) is 1. The van der Waals surface area contributed by atoms with Crippen molar-refractivity contribution in [2.45, 2.75) is 19.3 Å². The van der Waals surface area contributed by atoms with Gasteiger partial charge in [0.1, 0.15) is 5.78 Å². The van der Waals surface area contributed by atoms with Gasteiger partial charge in [-0.2, -0.15) is 24.4 Å². The van der Waals surface area contributed by atoms with Crippen LogP contribution in [-0.4, -0.2) is 23.0 Å². The van der Waals surface area contributed by atoms with Crippen LogP contribution < -0.4 is 0 Å².